The van der Waals surface area contributed by atoms with Crippen LogP contribution >= 0.6 is 0 Å². The van der Waals surface area contributed by atoms with Crippen molar-refractivity contribution in [2.45, 2.75) is 19.3 Å². The van der Waals surface area contributed by atoms with Crippen molar-refractivity contribution in [2.75, 3.05) is 20.6 Å². The molecule has 0 atom stereocenters. The first-order chi connectivity index (χ1) is 10.5. The molecule has 0 aliphatic carbocycles. The Bertz CT molecular complexity index is 676. The fourth-order valence-corrected chi connectivity index (χ4v) is 2.23. The molecule has 1 heterocycles. The molecule has 0 amide bonds. The summed E-state index contributed by atoms with van der Waals surface area (Å²) >= 11 is 0. The van der Waals surface area contributed by atoms with Gasteiger partial charge in [-0.3, -0.25) is 9.59 Å². The number of hydrogen-bond donors (Lipinski definition) is 2. The van der Waals surface area contributed by atoms with E-state index in [2.05, 4.69) is 9.88 Å². The van der Waals surface area contributed by atoms with Gasteiger partial charge in [0.1, 0.15) is 5.75 Å². The molecule has 0 unspecified atom stereocenters. The summed E-state index contributed by atoms with van der Waals surface area (Å²) in [6.45, 7) is 0.883. The second-order valence-corrected chi connectivity index (χ2v) is 5.41. The van der Waals surface area contributed by atoms with Gasteiger partial charge in [0.15, 0.2) is 0 Å². The van der Waals surface area contributed by atoms with E-state index in [4.69, 9.17) is 9.84 Å². The Labute approximate surface area is 128 Å². The van der Waals surface area contributed by atoms with Crippen LogP contribution < -0.4 is 4.74 Å². The highest BCUT2D eigenvalue weighted by Crippen LogP contribution is 2.29. The van der Waals surface area contributed by atoms with Crippen LogP contribution in [-0.4, -0.2) is 47.6 Å². The van der Waals surface area contributed by atoms with Crippen molar-refractivity contribution < 1.29 is 19.4 Å². The molecule has 0 bridgehead atoms. The smallest absolute Gasteiger partial charge is 0.311 e. The van der Waals surface area contributed by atoms with Gasteiger partial charge in [0, 0.05) is 23.6 Å². The van der Waals surface area contributed by atoms with Crippen LogP contribution in [0.2, 0.25) is 0 Å². The molecule has 6 nitrogen and oxygen atoms in total. The van der Waals surface area contributed by atoms with Crippen molar-refractivity contribution in [3.05, 3.63) is 30.0 Å². The van der Waals surface area contributed by atoms with E-state index in [0.717, 1.165) is 29.4 Å². The second-order valence-electron chi connectivity index (χ2n) is 5.41. The van der Waals surface area contributed by atoms with Crippen LogP contribution in [0.25, 0.3) is 10.9 Å². The number of carbonyl (C=O) groups excluding carboxylic acids is 1. The third kappa shape index (κ3) is 4.08. The number of aromatic amines is 1. The molecule has 0 saturated heterocycles. The number of fused-ring (bicyclic) bond motifs is 1. The van der Waals surface area contributed by atoms with Gasteiger partial charge in [0.2, 0.25) is 0 Å². The van der Waals surface area contributed by atoms with Crippen LogP contribution in [0.1, 0.15) is 18.4 Å². The molecule has 6 heteroatoms. The molecule has 0 aliphatic rings. The van der Waals surface area contributed by atoms with Gasteiger partial charge in [0.25, 0.3) is 0 Å². The highest BCUT2D eigenvalue weighted by molar-refractivity contribution is 5.91. The van der Waals surface area contributed by atoms with Crippen LogP contribution in [0.15, 0.2) is 24.4 Å². The summed E-state index contributed by atoms with van der Waals surface area (Å²) in [5, 5.41) is 9.50. The maximum Gasteiger partial charge on any atom is 0.311 e. The van der Waals surface area contributed by atoms with Crippen molar-refractivity contribution in [3.63, 3.8) is 0 Å². The van der Waals surface area contributed by atoms with Gasteiger partial charge in [-0.1, -0.05) is 6.07 Å². The highest BCUT2D eigenvalue weighted by atomic mass is 16.5. The third-order valence-electron chi connectivity index (χ3n) is 3.34. The summed E-state index contributed by atoms with van der Waals surface area (Å²) in [6.07, 6.45) is 2.39. The van der Waals surface area contributed by atoms with Crippen LogP contribution in [-0.2, 0) is 16.0 Å². The molecule has 2 rings (SSSR count). The first-order valence-electron chi connectivity index (χ1n) is 7.13. The number of carbonyl (C=O) groups is 2. The van der Waals surface area contributed by atoms with Crippen molar-refractivity contribution in [2.24, 2.45) is 0 Å². The number of esters is 1. The van der Waals surface area contributed by atoms with E-state index in [-0.39, 0.29) is 12.8 Å². The molecule has 2 N–H and O–H groups in total. The first-order valence-corrected chi connectivity index (χ1v) is 7.13. The monoisotopic (exact) mass is 304 g/mol. The Morgan fingerprint density at radius 3 is 2.73 bits per heavy atom. The number of nitrogens with one attached hydrogen (secondary N) is 1. The van der Waals surface area contributed by atoms with E-state index in [1.807, 2.05) is 26.4 Å². The number of carboxylic acid groups (broad SMARTS) is 1. The Balaban J connectivity index is 2.19. The largest absolute Gasteiger partial charge is 0.481 e. The van der Waals surface area contributed by atoms with Crippen molar-refractivity contribution >= 4 is 22.8 Å². The molecule has 0 saturated carbocycles. The Morgan fingerprint density at radius 2 is 2.05 bits per heavy atom. The van der Waals surface area contributed by atoms with E-state index in [0.29, 0.717) is 5.75 Å². The first kappa shape index (κ1) is 16.0. The number of carboxylic acids is 1. The normalized spacial score (nSPS) is 11.0. The van der Waals surface area contributed by atoms with E-state index in [1.54, 1.807) is 12.1 Å². The molecule has 0 fully saturated rings. The van der Waals surface area contributed by atoms with Crippen LogP contribution in [0.4, 0.5) is 0 Å². The minimum absolute atomic E-state index is 0.136. The third-order valence-corrected chi connectivity index (χ3v) is 3.34. The van der Waals surface area contributed by atoms with Gasteiger partial charge in [-0.2, -0.15) is 0 Å². The average Bonchev–Trinajstić information content (AvgIpc) is 2.87. The van der Waals surface area contributed by atoms with E-state index < -0.39 is 11.9 Å². The van der Waals surface area contributed by atoms with Gasteiger partial charge in [-0.15, -0.1) is 0 Å². The van der Waals surface area contributed by atoms with E-state index >= 15 is 0 Å². The summed E-state index contributed by atoms with van der Waals surface area (Å²) in [6, 6.07) is 5.45. The quantitative estimate of drug-likeness (QED) is 0.604. The molecule has 118 valence electrons. The van der Waals surface area contributed by atoms with Crippen LogP contribution in [0.3, 0.4) is 0 Å². The van der Waals surface area contributed by atoms with Crippen LogP contribution in [0, 0.1) is 0 Å². The Hall–Kier alpha value is -2.34. The van der Waals surface area contributed by atoms with E-state index in [9.17, 15) is 9.59 Å². The summed E-state index contributed by atoms with van der Waals surface area (Å²) in [7, 11) is 4.00. The van der Waals surface area contributed by atoms with Gasteiger partial charge < -0.3 is 19.7 Å². The predicted molar refractivity (Wildman–Crippen MR) is 83.1 cm³/mol. The number of aromatic nitrogens is 1. The lowest BCUT2D eigenvalue weighted by atomic mass is 10.1. The Morgan fingerprint density at radius 1 is 1.27 bits per heavy atom. The number of benzene rings is 1. The maximum absolute atomic E-state index is 11.8. The molecule has 22 heavy (non-hydrogen) atoms. The molecule has 0 spiro atoms. The van der Waals surface area contributed by atoms with Crippen LogP contribution in [0.5, 0.6) is 5.75 Å². The lowest BCUT2D eigenvalue weighted by Crippen LogP contribution is -2.15. The molecule has 0 aliphatic heterocycles. The molecular weight excluding hydrogens is 284 g/mol. The number of nitrogens with zero attached hydrogens (tertiary/aromatic N) is 1. The summed E-state index contributed by atoms with van der Waals surface area (Å²) in [5.41, 5.74) is 1.97. The average molecular weight is 304 g/mol. The lowest BCUT2D eigenvalue weighted by Gasteiger charge is -2.10. The number of hydrogen-bond acceptors (Lipinski definition) is 4. The maximum atomic E-state index is 11.8. The Kier molecular flexibility index (Phi) is 5.16. The number of aliphatic carboxylic acids is 1. The summed E-state index contributed by atoms with van der Waals surface area (Å²) in [4.78, 5) is 27.5. The number of ether oxygens (including phenoxy) is 1. The SMILES string of the molecule is CN(C)CCc1c[nH]c2cccc(OC(=O)CCC(=O)O)c12. The predicted octanol–water partition coefficient (Wildman–Crippen LogP) is 2.04. The lowest BCUT2D eigenvalue weighted by molar-refractivity contribution is -0.142. The van der Waals surface area contributed by atoms with Gasteiger partial charge in [0.05, 0.1) is 12.8 Å². The van der Waals surface area contributed by atoms with Gasteiger partial charge in [-0.05, 0) is 38.2 Å². The highest BCUT2D eigenvalue weighted by Gasteiger charge is 2.14. The fraction of sp³-hybridized carbons (Fsp3) is 0.375. The molecule has 1 aromatic heterocycles. The number of H-pyrrole nitrogens is 1. The molecule has 2 aromatic rings. The molecule has 1 aromatic carbocycles. The van der Waals surface area contributed by atoms with E-state index in [1.165, 1.54) is 0 Å². The summed E-state index contributed by atoms with van der Waals surface area (Å²) < 4.78 is 5.35. The minimum atomic E-state index is -1.01. The number of rotatable bonds is 7. The zero-order chi connectivity index (χ0) is 16.1. The topological polar surface area (TPSA) is 82.6 Å². The van der Waals surface area contributed by atoms with Gasteiger partial charge >= 0.3 is 11.9 Å². The standard InChI is InChI=1S/C16H20N2O4/c1-18(2)9-8-11-10-17-12-4-3-5-13(16(11)12)22-15(21)7-6-14(19)20/h3-5,10,17H,6-9H2,1-2H3,(H,19,20). The zero-order valence-corrected chi connectivity index (χ0v) is 12.8. The second kappa shape index (κ2) is 7.09. The van der Waals surface area contributed by atoms with Crippen molar-refractivity contribution in [3.8, 4) is 5.75 Å². The zero-order valence-electron chi connectivity index (χ0n) is 12.8. The fourth-order valence-electron chi connectivity index (χ4n) is 2.23. The van der Waals surface area contributed by atoms with Crippen molar-refractivity contribution in [1.82, 2.24) is 9.88 Å². The minimum Gasteiger partial charge on any atom is -0.481 e. The molecule has 0 radical (unpaired) electrons. The van der Waals surface area contributed by atoms with Gasteiger partial charge in [-0.25, -0.2) is 0 Å². The van der Waals surface area contributed by atoms with Crippen molar-refractivity contribution in [1.29, 1.82) is 0 Å². The molecular formula is C16H20N2O4. The number of likely N-dealkylation sites (N-methyl/N-ethyl adjacent to an activating group) is 1. The summed E-state index contributed by atoms with van der Waals surface area (Å²) in [5.74, 6) is -1.07.